The molecule has 0 aliphatic heterocycles. The van der Waals surface area contributed by atoms with Crippen LogP contribution in [0, 0.1) is 0 Å². The predicted molar refractivity (Wildman–Crippen MR) is 84.9 cm³/mol. The van der Waals surface area contributed by atoms with Crippen LogP contribution in [-0.4, -0.2) is 10.1 Å². The summed E-state index contributed by atoms with van der Waals surface area (Å²) in [6.07, 6.45) is 2.72. The van der Waals surface area contributed by atoms with Crippen molar-refractivity contribution < 1.29 is 9.52 Å². The van der Waals surface area contributed by atoms with Crippen molar-refractivity contribution in [2.45, 2.75) is 0 Å². The first-order valence-corrected chi connectivity index (χ1v) is 6.83. The molecule has 1 N–H and O–H groups in total. The topological polar surface area (TPSA) is 63.3 Å². The highest BCUT2D eigenvalue weighted by Gasteiger charge is 2.12. The number of benzene rings is 2. The largest absolute Gasteiger partial charge is 0.506 e. The van der Waals surface area contributed by atoms with Crippen molar-refractivity contribution in [1.29, 1.82) is 0 Å². The first-order valence-electron chi connectivity index (χ1n) is 6.83. The fourth-order valence-electron chi connectivity index (χ4n) is 2.62. The molecule has 0 aliphatic carbocycles. The molecule has 0 fully saturated rings. The van der Waals surface area contributed by atoms with Gasteiger partial charge >= 0.3 is 0 Å². The van der Waals surface area contributed by atoms with Gasteiger partial charge in [-0.05, 0) is 29.0 Å². The van der Waals surface area contributed by atoms with Gasteiger partial charge in [-0.2, -0.15) is 0 Å². The molecule has 4 nitrogen and oxygen atoms in total. The zero-order valence-corrected chi connectivity index (χ0v) is 11.5. The third kappa shape index (κ3) is 1.85. The van der Waals surface area contributed by atoms with Crippen LogP contribution in [0.4, 0.5) is 0 Å². The second kappa shape index (κ2) is 4.70. The lowest BCUT2D eigenvalue weighted by Gasteiger charge is -2.05. The van der Waals surface area contributed by atoms with E-state index in [2.05, 4.69) is 4.98 Å². The van der Waals surface area contributed by atoms with E-state index in [9.17, 15) is 9.90 Å². The fraction of sp³-hybridized carbons (Fsp3) is 0. The van der Waals surface area contributed by atoms with Crippen molar-refractivity contribution >= 4 is 21.7 Å². The van der Waals surface area contributed by atoms with Gasteiger partial charge < -0.3 is 9.52 Å². The van der Waals surface area contributed by atoms with Gasteiger partial charge in [-0.3, -0.25) is 9.78 Å². The Bertz CT molecular complexity index is 1050. The minimum absolute atomic E-state index is 0.0550. The zero-order valence-electron chi connectivity index (χ0n) is 11.5. The maximum absolute atomic E-state index is 12.9. The Labute approximate surface area is 125 Å². The van der Waals surface area contributed by atoms with E-state index in [-0.39, 0.29) is 11.2 Å². The summed E-state index contributed by atoms with van der Waals surface area (Å²) in [5, 5.41) is 11.7. The Balaban J connectivity index is 2.10. The van der Waals surface area contributed by atoms with E-state index >= 15 is 0 Å². The SMILES string of the molecule is O=c1c(-c2ccc(O)cn2)coc2ccc3ccccc3c12. The molecule has 0 amide bonds. The number of rotatable bonds is 1. The molecule has 4 heteroatoms. The standard InChI is InChI=1S/C18H11NO3/c20-12-6-7-15(19-9-12)14-10-22-16-8-5-11-3-1-2-4-13(11)17(16)18(14)21/h1-10,20H. The van der Waals surface area contributed by atoms with Crippen LogP contribution in [0.15, 0.2) is 70.2 Å². The molecule has 0 saturated carbocycles. The molecule has 2 aromatic carbocycles. The molecule has 0 unspecified atom stereocenters. The fourth-order valence-corrected chi connectivity index (χ4v) is 2.62. The Kier molecular flexibility index (Phi) is 2.69. The molecule has 0 atom stereocenters. The minimum Gasteiger partial charge on any atom is -0.506 e. The monoisotopic (exact) mass is 289 g/mol. The molecule has 2 heterocycles. The molecule has 0 bridgehead atoms. The van der Waals surface area contributed by atoms with Gasteiger partial charge in [-0.15, -0.1) is 0 Å². The lowest BCUT2D eigenvalue weighted by molar-refractivity contribution is 0.473. The average Bonchev–Trinajstić information content (AvgIpc) is 2.56. The van der Waals surface area contributed by atoms with Gasteiger partial charge in [0.25, 0.3) is 0 Å². The summed E-state index contributed by atoms with van der Waals surface area (Å²) in [5.74, 6) is 0.0550. The summed E-state index contributed by atoms with van der Waals surface area (Å²) in [7, 11) is 0. The average molecular weight is 289 g/mol. The van der Waals surface area contributed by atoms with Gasteiger partial charge in [0.05, 0.1) is 22.8 Å². The molecular formula is C18H11NO3. The number of fused-ring (bicyclic) bond motifs is 3. The van der Waals surface area contributed by atoms with Crippen molar-refractivity contribution in [1.82, 2.24) is 4.98 Å². The zero-order chi connectivity index (χ0) is 15.1. The normalized spacial score (nSPS) is 11.1. The molecule has 0 spiro atoms. The lowest BCUT2D eigenvalue weighted by atomic mass is 10.0. The van der Waals surface area contributed by atoms with Crippen LogP contribution in [0.1, 0.15) is 0 Å². The van der Waals surface area contributed by atoms with Gasteiger partial charge in [-0.25, -0.2) is 0 Å². The first-order chi connectivity index (χ1) is 10.7. The second-order valence-corrected chi connectivity index (χ2v) is 5.04. The minimum atomic E-state index is -0.128. The molecule has 4 aromatic rings. The number of aromatic hydroxyl groups is 1. The van der Waals surface area contributed by atoms with E-state index < -0.39 is 0 Å². The molecule has 4 rings (SSSR count). The van der Waals surface area contributed by atoms with Crippen LogP contribution in [0.25, 0.3) is 33.0 Å². The Hall–Kier alpha value is -3.14. The summed E-state index contributed by atoms with van der Waals surface area (Å²) in [6.45, 7) is 0. The lowest BCUT2D eigenvalue weighted by Crippen LogP contribution is -2.06. The second-order valence-electron chi connectivity index (χ2n) is 5.04. The number of hydrogen-bond acceptors (Lipinski definition) is 4. The highest BCUT2D eigenvalue weighted by molar-refractivity contribution is 6.06. The predicted octanol–water partition coefficient (Wildman–Crippen LogP) is 3.71. The number of pyridine rings is 1. The van der Waals surface area contributed by atoms with E-state index in [1.54, 1.807) is 12.1 Å². The van der Waals surface area contributed by atoms with Crippen molar-refractivity contribution in [3.8, 4) is 17.0 Å². The maximum atomic E-state index is 12.9. The summed E-state index contributed by atoms with van der Waals surface area (Å²) >= 11 is 0. The highest BCUT2D eigenvalue weighted by Crippen LogP contribution is 2.25. The first kappa shape index (κ1) is 12.6. The molecule has 106 valence electrons. The molecule has 0 aliphatic rings. The van der Waals surface area contributed by atoms with E-state index in [4.69, 9.17) is 4.42 Å². The van der Waals surface area contributed by atoms with E-state index in [1.807, 2.05) is 30.3 Å². The molecule has 2 aromatic heterocycles. The Morgan fingerprint density at radius 1 is 1.00 bits per heavy atom. The van der Waals surface area contributed by atoms with E-state index in [0.29, 0.717) is 22.2 Å². The highest BCUT2D eigenvalue weighted by atomic mass is 16.3. The molecule has 22 heavy (non-hydrogen) atoms. The van der Waals surface area contributed by atoms with Gasteiger partial charge in [0.15, 0.2) is 0 Å². The number of nitrogens with zero attached hydrogens (tertiary/aromatic N) is 1. The summed E-state index contributed by atoms with van der Waals surface area (Å²) < 4.78 is 5.61. The van der Waals surface area contributed by atoms with Gasteiger partial charge in [0, 0.05) is 0 Å². The van der Waals surface area contributed by atoms with E-state index in [0.717, 1.165) is 10.8 Å². The summed E-state index contributed by atoms with van der Waals surface area (Å²) in [5.41, 5.74) is 1.27. The molecule has 0 radical (unpaired) electrons. The molecule has 0 saturated heterocycles. The van der Waals surface area contributed by atoms with Crippen LogP contribution in [-0.2, 0) is 0 Å². The van der Waals surface area contributed by atoms with Crippen LogP contribution in [0.2, 0.25) is 0 Å². The van der Waals surface area contributed by atoms with Crippen molar-refractivity contribution in [2.75, 3.05) is 0 Å². The van der Waals surface area contributed by atoms with Crippen LogP contribution >= 0.6 is 0 Å². The van der Waals surface area contributed by atoms with Gasteiger partial charge in [0.2, 0.25) is 5.43 Å². The Morgan fingerprint density at radius 2 is 1.86 bits per heavy atom. The van der Waals surface area contributed by atoms with E-state index in [1.165, 1.54) is 18.5 Å². The summed E-state index contributed by atoms with van der Waals surface area (Å²) in [6, 6.07) is 14.5. The van der Waals surface area contributed by atoms with Crippen molar-refractivity contribution in [3.63, 3.8) is 0 Å². The molecular weight excluding hydrogens is 278 g/mol. The quantitative estimate of drug-likeness (QED) is 0.542. The van der Waals surface area contributed by atoms with Gasteiger partial charge in [-0.1, -0.05) is 30.3 Å². The van der Waals surface area contributed by atoms with Crippen molar-refractivity contribution in [2.24, 2.45) is 0 Å². The number of hydrogen-bond donors (Lipinski definition) is 1. The maximum Gasteiger partial charge on any atom is 0.202 e. The number of aromatic nitrogens is 1. The third-order valence-corrected chi connectivity index (χ3v) is 3.69. The van der Waals surface area contributed by atoms with Crippen LogP contribution in [0.3, 0.4) is 0 Å². The Morgan fingerprint density at radius 3 is 2.68 bits per heavy atom. The van der Waals surface area contributed by atoms with Gasteiger partial charge in [0.1, 0.15) is 17.6 Å². The van der Waals surface area contributed by atoms with Crippen LogP contribution < -0.4 is 5.43 Å². The van der Waals surface area contributed by atoms with Crippen LogP contribution in [0.5, 0.6) is 5.75 Å². The third-order valence-electron chi connectivity index (χ3n) is 3.69. The smallest absolute Gasteiger partial charge is 0.202 e. The summed E-state index contributed by atoms with van der Waals surface area (Å²) in [4.78, 5) is 17.0. The van der Waals surface area contributed by atoms with Crippen molar-refractivity contribution in [3.05, 3.63) is 71.2 Å².